The van der Waals surface area contributed by atoms with Crippen LogP contribution >= 0.6 is 15.9 Å². The monoisotopic (exact) mass is 309 g/mol. The average Bonchev–Trinajstić information content (AvgIpc) is 2.55. The van der Waals surface area contributed by atoms with Gasteiger partial charge in [-0.3, -0.25) is 4.79 Å². The normalized spacial score (nSPS) is 20.9. The molecule has 1 saturated heterocycles. The first kappa shape index (κ1) is 13.6. The molecule has 0 saturated carbocycles. The third-order valence-corrected chi connectivity index (χ3v) is 4.10. The summed E-state index contributed by atoms with van der Waals surface area (Å²) in [6.07, 6.45) is 5.45. The van der Waals surface area contributed by atoms with Crippen LogP contribution in [-0.2, 0) is 4.79 Å². The number of nitrogens with zero attached hydrogens (tertiary/aromatic N) is 1. The Labute approximate surface area is 117 Å². The van der Waals surface area contributed by atoms with Crippen molar-refractivity contribution < 1.29 is 4.79 Å². The van der Waals surface area contributed by atoms with Crippen LogP contribution in [0.15, 0.2) is 28.7 Å². The van der Waals surface area contributed by atoms with Gasteiger partial charge in [-0.05, 0) is 43.5 Å². The van der Waals surface area contributed by atoms with Crippen LogP contribution in [0.4, 0.5) is 5.69 Å². The molecule has 1 aromatic rings. The van der Waals surface area contributed by atoms with Crippen molar-refractivity contribution in [3.63, 3.8) is 0 Å². The van der Waals surface area contributed by atoms with Crippen molar-refractivity contribution in [2.24, 2.45) is 5.92 Å². The molecule has 0 radical (unpaired) electrons. The van der Waals surface area contributed by atoms with E-state index in [-0.39, 0.29) is 5.92 Å². The molecule has 1 unspecified atom stereocenters. The number of hydrogen-bond donors (Lipinski definition) is 0. The molecule has 0 spiro atoms. The van der Waals surface area contributed by atoms with Gasteiger partial charge in [-0.25, -0.2) is 0 Å². The molecule has 0 aromatic heterocycles. The van der Waals surface area contributed by atoms with Crippen LogP contribution < -0.4 is 4.90 Å². The second-order valence-electron chi connectivity index (χ2n) is 4.95. The predicted octanol–water partition coefficient (Wildman–Crippen LogP) is 4.38. The zero-order valence-corrected chi connectivity index (χ0v) is 12.4. The van der Waals surface area contributed by atoms with Gasteiger partial charge < -0.3 is 4.90 Å². The quantitative estimate of drug-likeness (QED) is 0.811. The first-order valence-electron chi connectivity index (χ1n) is 6.79. The maximum absolute atomic E-state index is 12.5. The van der Waals surface area contributed by atoms with Gasteiger partial charge in [-0.2, -0.15) is 0 Å². The number of hydrogen-bond acceptors (Lipinski definition) is 1. The highest BCUT2D eigenvalue weighted by molar-refractivity contribution is 9.10. The Hall–Kier alpha value is -0.830. The van der Waals surface area contributed by atoms with Crippen molar-refractivity contribution in [1.82, 2.24) is 0 Å². The Morgan fingerprint density at radius 1 is 1.28 bits per heavy atom. The van der Waals surface area contributed by atoms with Crippen molar-refractivity contribution >= 4 is 27.5 Å². The Morgan fingerprint density at radius 3 is 2.67 bits per heavy atom. The number of carbonyl (C=O) groups is 1. The van der Waals surface area contributed by atoms with E-state index in [1.54, 1.807) is 0 Å². The van der Waals surface area contributed by atoms with Crippen molar-refractivity contribution in [2.75, 3.05) is 11.4 Å². The molecule has 0 aliphatic carbocycles. The summed E-state index contributed by atoms with van der Waals surface area (Å²) in [5.41, 5.74) is 1.03. The van der Waals surface area contributed by atoms with Crippen LogP contribution in [-0.4, -0.2) is 12.5 Å². The summed E-state index contributed by atoms with van der Waals surface area (Å²) < 4.78 is 1.05. The minimum absolute atomic E-state index is 0.223. The van der Waals surface area contributed by atoms with Crippen molar-refractivity contribution in [2.45, 2.75) is 39.0 Å². The zero-order chi connectivity index (χ0) is 13.0. The molecule has 18 heavy (non-hydrogen) atoms. The number of carbonyl (C=O) groups excluding carboxylic acids is 1. The van der Waals surface area contributed by atoms with E-state index in [2.05, 4.69) is 22.9 Å². The van der Waals surface area contributed by atoms with Gasteiger partial charge in [0.05, 0.1) is 0 Å². The summed E-state index contributed by atoms with van der Waals surface area (Å²) in [6, 6.07) is 8.05. The number of rotatable bonds is 3. The van der Waals surface area contributed by atoms with E-state index in [1.807, 2.05) is 29.2 Å². The minimum atomic E-state index is 0.223. The van der Waals surface area contributed by atoms with Gasteiger partial charge in [0.2, 0.25) is 5.91 Å². The molecule has 1 aliphatic heterocycles. The fraction of sp³-hybridized carbons (Fsp3) is 0.533. The van der Waals surface area contributed by atoms with E-state index in [0.717, 1.165) is 42.4 Å². The third kappa shape index (κ3) is 3.14. The fourth-order valence-corrected chi connectivity index (χ4v) is 2.87. The fourth-order valence-electron chi connectivity index (χ4n) is 2.61. The smallest absolute Gasteiger partial charge is 0.230 e. The van der Waals surface area contributed by atoms with E-state index in [0.29, 0.717) is 5.91 Å². The van der Waals surface area contributed by atoms with Crippen molar-refractivity contribution in [3.8, 4) is 0 Å². The minimum Gasteiger partial charge on any atom is -0.312 e. The van der Waals surface area contributed by atoms with Gasteiger partial charge in [0.25, 0.3) is 0 Å². The van der Waals surface area contributed by atoms with Gasteiger partial charge in [0.15, 0.2) is 0 Å². The molecular formula is C15H20BrNO. The first-order chi connectivity index (χ1) is 8.72. The molecule has 98 valence electrons. The Bertz CT molecular complexity index is 401. The second-order valence-corrected chi connectivity index (χ2v) is 5.86. The Balaban J connectivity index is 2.19. The predicted molar refractivity (Wildman–Crippen MR) is 78.7 cm³/mol. The van der Waals surface area contributed by atoms with E-state index in [9.17, 15) is 4.79 Å². The molecule has 3 heteroatoms. The molecular weight excluding hydrogens is 290 g/mol. The Morgan fingerprint density at radius 2 is 2.00 bits per heavy atom. The van der Waals surface area contributed by atoms with Crippen LogP contribution in [0.1, 0.15) is 39.0 Å². The highest BCUT2D eigenvalue weighted by Crippen LogP contribution is 2.27. The molecule has 2 rings (SSSR count). The highest BCUT2D eigenvalue weighted by Gasteiger charge is 2.26. The summed E-state index contributed by atoms with van der Waals surface area (Å²) in [6.45, 7) is 3.02. The summed E-state index contributed by atoms with van der Waals surface area (Å²) in [4.78, 5) is 14.5. The number of anilines is 1. The van der Waals surface area contributed by atoms with Crippen LogP contribution in [0.5, 0.6) is 0 Å². The molecule has 1 aliphatic rings. The van der Waals surface area contributed by atoms with Gasteiger partial charge >= 0.3 is 0 Å². The lowest BCUT2D eigenvalue weighted by Gasteiger charge is -2.24. The summed E-state index contributed by atoms with van der Waals surface area (Å²) in [5.74, 6) is 0.540. The molecule has 0 bridgehead atoms. The number of benzene rings is 1. The lowest BCUT2D eigenvalue weighted by molar-refractivity contribution is -0.122. The van der Waals surface area contributed by atoms with E-state index in [1.165, 1.54) is 6.42 Å². The van der Waals surface area contributed by atoms with E-state index in [4.69, 9.17) is 0 Å². The number of amides is 1. The maximum Gasteiger partial charge on any atom is 0.230 e. The zero-order valence-electron chi connectivity index (χ0n) is 10.9. The maximum atomic E-state index is 12.5. The van der Waals surface area contributed by atoms with E-state index < -0.39 is 0 Å². The summed E-state index contributed by atoms with van der Waals surface area (Å²) in [5, 5.41) is 0. The summed E-state index contributed by atoms with van der Waals surface area (Å²) in [7, 11) is 0. The summed E-state index contributed by atoms with van der Waals surface area (Å²) >= 11 is 3.43. The van der Waals surface area contributed by atoms with Crippen molar-refractivity contribution in [3.05, 3.63) is 28.7 Å². The van der Waals surface area contributed by atoms with Crippen LogP contribution in [0.2, 0.25) is 0 Å². The van der Waals surface area contributed by atoms with Gasteiger partial charge in [0.1, 0.15) is 0 Å². The molecule has 0 N–H and O–H groups in total. The largest absolute Gasteiger partial charge is 0.312 e. The lowest BCUT2D eigenvalue weighted by atomic mass is 9.97. The topological polar surface area (TPSA) is 20.3 Å². The third-order valence-electron chi connectivity index (χ3n) is 3.58. The highest BCUT2D eigenvalue weighted by atomic mass is 79.9. The average molecular weight is 310 g/mol. The molecule has 2 nitrogen and oxygen atoms in total. The van der Waals surface area contributed by atoms with Gasteiger partial charge in [-0.1, -0.05) is 35.7 Å². The van der Waals surface area contributed by atoms with Crippen LogP contribution in [0.25, 0.3) is 0 Å². The molecule has 1 amide bonds. The lowest BCUT2D eigenvalue weighted by Crippen LogP contribution is -2.35. The Kier molecular flexibility index (Phi) is 4.81. The van der Waals surface area contributed by atoms with E-state index >= 15 is 0 Å². The van der Waals surface area contributed by atoms with Crippen LogP contribution in [0.3, 0.4) is 0 Å². The first-order valence-corrected chi connectivity index (χ1v) is 7.58. The number of halogens is 1. The molecule has 1 fully saturated rings. The van der Waals surface area contributed by atoms with Crippen molar-refractivity contribution in [1.29, 1.82) is 0 Å². The molecule has 1 heterocycles. The second kappa shape index (κ2) is 6.37. The van der Waals surface area contributed by atoms with Gasteiger partial charge in [-0.15, -0.1) is 0 Å². The SMILES string of the molecule is CCCC1CCCCN(c2ccc(Br)cc2)C1=O. The van der Waals surface area contributed by atoms with Gasteiger partial charge in [0, 0.05) is 22.6 Å². The standard InChI is InChI=1S/C15H20BrNO/c1-2-5-12-6-3-4-11-17(15(12)18)14-9-7-13(16)8-10-14/h7-10,12H,2-6,11H2,1H3. The molecule has 1 aromatic carbocycles. The van der Waals surface area contributed by atoms with Crippen LogP contribution in [0, 0.1) is 5.92 Å². The molecule has 1 atom stereocenters.